The highest BCUT2D eigenvalue weighted by Gasteiger charge is 2.35. The van der Waals surface area contributed by atoms with Crippen LogP contribution in [0.25, 0.3) is 5.82 Å². The van der Waals surface area contributed by atoms with E-state index in [9.17, 15) is 18.0 Å². The third-order valence-corrected chi connectivity index (χ3v) is 4.58. The number of nitrogens with one attached hydrogen (secondary N) is 1. The van der Waals surface area contributed by atoms with E-state index in [-0.39, 0.29) is 28.8 Å². The quantitative estimate of drug-likeness (QED) is 0.676. The third-order valence-electron chi connectivity index (χ3n) is 4.38. The number of nitrogens with zero attached hydrogens (tertiary/aromatic N) is 4. The molecule has 10 heteroatoms. The van der Waals surface area contributed by atoms with E-state index in [2.05, 4.69) is 20.6 Å². The molecule has 0 spiro atoms. The summed E-state index contributed by atoms with van der Waals surface area (Å²) in [6.07, 6.45) is -0.131. The fraction of sp³-hybridized carbons (Fsp3) is 0.176. The van der Waals surface area contributed by atoms with Crippen LogP contribution in [0.3, 0.4) is 0 Å². The van der Waals surface area contributed by atoms with E-state index < -0.39 is 29.3 Å². The normalized spacial score (nSPS) is 16.2. The summed E-state index contributed by atoms with van der Waals surface area (Å²) in [6, 6.07) is 5.03. The molecular formula is C17H11ClF3N5O. The summed E-state index contributed by atoms with van der Waals surface area (Å²) < 4.78 is 42.7. The molecule has 4 rings (SSSR count). The van der Waals surface area contributed by atoms with Crippen molar-refractivity contribution in [2.75, 3.05) is 5.32 Å². The van der Waals surface area contributed by atoms with Crippen LogP contribution >= 0.6 is 11.6 Å². The number of carbonyl (C=O) groups excluding carboxylic acids is 1. The van der Waals surface area contributed by atoms with E-state index in [0.717, 1.165) is 12.1 Å². The number of halogens is 4. The Morgan fingerprint density at radius 1 is 1.15 bits per heavy atom. The van der Waals surface area contributed by atoms with Gasteiger partial charge in [0.1, 0.15) is 5.82 Å². The van der Waals surface area contributed by atoms with E-state index in [1.807, 2.05) is 0 Å². The van der Waals surface area contributed by atoms with Crippen LogP contribution in [0.15, 0.2) is 24.3 Å². The maximum Gasteiger partial charge on any atom is 0.226 e. The number of rotatable bonds is 2. The van der Waals surface area contributed by atoms with Gasteiger partial charge in [-0.15, -0.1) is 10.2 Å². The lowest BCUT2D eigenvalue weighted by atomic mass is 9.85. The molecule has 1 aromatic carbocycles. The predicted octanol–water partition coefficient (Wildman–Crippen LogP) is 3.52. The van der Waals surface area contributed by atoms with E-state index in [4.69, 9.17) is 11.6 Å². The first kappa shape index (κ1) is 17.5. The van der Waals surface area contributed by atoms with Crippen LogP contribution in [0.1, 0.15) is 29.2 Å². The Morgan fingerprint density at radius 2 is 1.93 bits per heavy atom. The summed E-state index contributed by atoms with van der Waals surface area (Å²) in [5.74, 6) is -4.86. The highest BCUT2D eigenvalue weighted by molar-refractivity contribution is 6.29. The lowest BCUT2D eigenvalue weighted by Gasteiger charge is -2.24. The minimum absolute atomic E-state index is 0.116. The number of anilines is 1. The standard InChI is InChI=1S/C17H11ClF3N5O/c1-7-14-9(8-2-3-10(19)16(21)15(8)20)6-13(27)22-17(14)26(25-7)12-5-4-11(18)23-24-12/h2-5,9H,6H2,1H3,(H,22,27)/t9-/m1/s1. The van der Waals surface area contributed by atoms with Gasteiger partial charge in [-0.25, -0.2) is 13.2 Å². The highest BCUT2D eigenvalue weighted by atomic mass is 35.5. The molecule has 0 unspecified atom stereocenters. The first-order valence-corrected chi connectivity index (χ1v) is 8.27. The fourth-order valence-electron chi connectivity index (χ4n) is 3.21. The Labute approximate surface area is 156 Å². The smallest absolute Gasteiger partial charge is 0.226 e. The van der Waals surface area contributed by atoms with Crippen molar-refractivity contribution in [2.24, 2.45) is 0 Å². The minimum atomic E-state index is -1.58. The monoisotopic (exact) mass is 393 g/mol. The van der Waals surface area contributed by atoms with Gasteiger partial charge in [-0.1, -0.05) is 17.7 Å². The van der Waals surface area contributed by atoms with Crippen LogP contribution in [-0.2, 0) is 4.79 Å². The molecule has 0 radical (unpaired) electrons. The van der Waals surface area contributed by atoms with E-state index in [1.54, 1.807) is 13.0 Å². The maximum absolute atomic E-state index is 14.4. The number of fused-ring (bicyclic) bond motifs is 1. The van der Waals surface area contributed by atoms with Gasteiger partial charge in [0.05, 0.1) is 5.69 Å². The molecule has 0 saturated carbocycles. The Morgan fingerprint density at radius 3 is 2.63 bits per heavy atom. The number of hydrogen-bond donors (Lipinski definition) is 1. The van der Waals surface area contributed by atoms with Crippen LogP contribution in [0.4, 0.5) is 19.0 Å². The van der Waals surface area contributed by atoms with Crippen molar-refractivity contribution >= 4 is 23.3 Å². The molecule has 27 heavy (non-hydrogen) atoms. The Bertz CT molecular complexity index is 1070. The van der Waals surface area contributed by atoms with Gasteiger partial charge < -0.3 is 5.32 Å². The zero-order valence-corrected chi connectivity index (χ0v) is 14.6. The van der Waals surface area contributed by atoms with Gasteiger partial charge >= 0.3 is 0 Å². The molecule has 0 aliphatic carbocycles. The second-order valence-corrected chi connectivity index (χ2v) is 6.43. The molecule has 1 aliphatic heterocycles. The van der Waals surface area contributed by atoms with E-state index in [1.165, 1.54) is 10.7 Å². The fourth-order valence-corrected chi connectivity index (χ4v) is 3.31. The van der Waals surface area contributed by atoms with Crippen molar-refractivity contribution in [1.29, 1.82) is 0 Å². The van der Waals surface area contributed by atoms with Gasteiger partial charge in [-0.3, -0.25) is 4.79 Å². The Balaban J connectivity index is 1.90. The largest absolute Gasteiger partial charge is 0.310 e. The van der Waals surface area contributed by atoms with Gasteiger partial charge in [-0.2, -0.15) is 9.78 Å². The zero-order valence-electron chi connectivity index (χ0n) is 13.8. The molecule has 3 heterocycles. The molecule has 1 N–H and O–H groups in total. The number of benzene rings is 1. The summed E-state index contributed by atoms with van der Waals surface area (Å²) in [4.78, 5) is 12.2. The van der Waals surface area contributed by atoms with Crippen molar-refractivity contribution in [3.05, 3.63) is 63.7 Å². The number of aromatic nitrogens is 4. The zero-order chi connectivity index (χ0) is 19.3. The first-order valence-electron chi connectivity index (χ1n) is 7.89. The summed E-state index contributed by atoms with van der Waals surface area (Å²) >= 11 is 5.74. The number of amides is 1. The maximum atomic E-state index is 14.4. The van der Waals surface area contributed by atoms with Crippen molar-refractivity contribution in [1.82, 2.24) is 20.0 Å². The lowest BCUT2D eigenvalue weighted by Crippen LogP contribution is -2.25. The second-order valence-electron chi connectivity index (χ2n) is 6.04. The number of carbonyl (C=O) groups is 1. The molecule has 2 aromatic heterocycles. The molecule has 0 fully saturated rings. The van der Waals surface area contributed by atoms with Gasteiger partial charge in [0, 0.05) is 17.9 Å². The van der Waals surface area contributed by atoms with Crippen LogP contribution < -0.4 is 5.32 Å². The topological polar surface area (TPSA) is 72.7 Å². The summed E-state index contributed by atoms with van der Waals surface area (Å²) in [6.45, 7) is 1.67. The van der Waals surface area contributed by atoms with Gasteiger partial charge in [0.2, 0.25) is 5.91 Å². The average Bonchev–Trinajstić information content (AvgIpc) is 2.96. The minimum Gasteiger partial charge on any atom is -0.310 e. The van der Waals surface area contributed by atoms with Gasteiger partial charge in [0.25, 0.3) is 0 Å². The van der Waals surface area contributed by atoms with Crippen molar-refractivity contribution in [2.45, 2.75) is 19.3 Å². The van der Waals surface area contributed by atoms with Gasteiger partial charge in [0.15, 0.2) is 28.4 Å². The third kappa shape index (κ3) is 2.84. The molecule has 3 aromatic rings. The average molecular weight is 394 g/mol. The molecule has 1 aliphatic rings. The summed E-state index contributed by atoms with van der Waals surface area (Å²) in [5.41, 5.74) is 0.863. The predicted molar refractivity (Wildman–Crippen MR) is 90.3 cm³/mol. The molecular weight excluding hydrogens is 383 g/mol. The molecule has 6 nitrogen and oxygen atoms in total. The first-order chi connectivity index (χ1) is 12.9. The Kier molecular flexibility index (Phi) is 4.11. The highest BCUT2D eigenvalue weighted by Crippen LogP contribution is 2.41. The summed E-state index contributed by atoms with van der Waals surface area (Å²) in [7, 11) is 0. The van der Waals surface area contributed by atoms with Gasteiger partial charge in [-0.05, 0) is 30.7 Å². The lowest BCUT2D eigenvalue weighted by molar-refractivity contribution is -0.116. The molecule has 0 saturated heterocycles. The van der Waals surface area contributed by atoms with Crippen LogP contribution in [0.5, 0.6) is 0 Å². The van der Waals surface area contributed by atoms with Crippen LogP contribution in [0.2, 0.25) is 5.15 Å². The number of aryl methyl sites for hydroxylation is 1. The number of hydrogen-bond acceptors (Lipinski definition) is 4. The second kappa shape index (κ2) is 6.34. The Hall–Kier alpha value is -2.94. The van der Waals surface area contributed by atoms with Crippen molar-refractivity contribution in [3.63, 3.8) is 0 Å². The molecule has 138 valence electrons. The van der Waals surface area contributed by atoms with Crippen molar-refractivity contribution in [3.8, 4) is 5.82 Å². The van der Waals surface area contributed by atoms with E-state index >= 15 is 0 Å². The SMILES string of the molecule is Cc1nn(-c2ccc(Cl)nn2)c2c1[C@@H](c1ccc(F)c(F)c1F)CC(=O)N2. The van der Waals surface area contributed by atoms with Crippen LogP contribution in [0, 0.1) is 24.4 Å². The molecule has 0 bridgehead atoms. The molecule has 1 atom stereocenters. The summed E-state index contributed by atoms with van der Waals surface area (Å²) in [5, 5.41) is 14.9. The van der Waals surface area contributed by atoms with Crippen LogP contribution in [-0.4, -0.2) is 25.9 Å². The van der Waals surface area contributed by atoms with Crippen molar-refractivity contribution < 1.29 is 18.0 Å². The molecule has 1 amide bonds. The van der Waals surface area contributed by atoms with E-state index in [0.29, 0.717) is 11.3 Å².